The van der Waals surface area contributed by atoms with Gasteiger partial charge in [0.15, 0.2) is 12.2 Å². The third kappa shape index (κ3) is 1.80. The van der Waals surface area contributed by atoms with Gasteiger partial charge in [0.25, 0.3) is 0 Å². The van der Waals surface area contributed by atoms with Crippen molar-refractivity contribution in [2.24, 2.45) is 0 Å². The van der Waals surface area contributed by atoms with Gasteiger partial charge in [-0.2, -0.15) is 0 Å². The largest absolute Gasteiger partial charge is 0.443 e. The van der Waals surface area contributed by atoms with Gasteiger partial charge >= 0.3 is 0 Å². The summed E-state index contributed by atoms with van der Waals surface area (Å²) in [5.41, 5.74) is 0.801. The Balaban J connectivity index is 2.84. The Morgan fingerprint density at radius 3 is 3.18 bits per heavy atom. The minimum atomic E-state index is 0.779. The van der Waals surface area contributed by atoms with Crippen LogP contribution in [0.15, 0.2) is 23.5 Å². The lowest BCUT2D eigenvalue weighted by atomic mass is 10.3. The Hall–Kier alpha value is -1.31. The normalized spacial score (nSPS) is 10.6. The van der Waals surface area contributed by atoms with E-state index in [0.717, 1.165) is 17.9 Å². The van der Waals surface area contributed by atoms with E-state index in [-0.39, 0.29) is 0 Å². The number of nitrogens with zero attached hydrogens (tertiary/aromatic N) is 1. The lowest BCUT2D eigenvalue weighted by Gasteiger charge is -1.85. The average molecular weight is 149 g/mol. The zero-order valence-electron chi connectivity index (χ0n) is 6.58. The highest BCUT2D eigenvalue weighted by Crippen LogP contribution is 2.09. The maximum Gasteiger partial charge on any atom is 0.181 e. The standard InChI is InChI=1S/C9H11NO/c1-3-5-6-9-8(4-2)10-7-11-9/h4-7H,2-3H2,1H3/b6-5-. The molecule has 0 fully saturated rings. The van der Waals surface area contributed by atoms with Crippen LogP contribution in [0.25, 0.3) is 12.2 Å². The Bertz CT molecular complexity index is 260. The predicted molar refractivity (Wildman–Crippen MR) is 45.9 cm³/mol. The summed E-state index contributed by atoms with van der Waals surface area (Å²) in [5, 5.41) is 0. The topological polar surface area (TPSA) is 26.0 Å². The van der Waals surface area contributed by atoms with Crippen molar-refractivity contribution in [2.45, 2.75) is 13.3 Å². The van der Waals surface area contributed by atoms with Crippen molar-refractivity contribution in [3.8, 4) is 0 Å². The van der Waals surface area contributed by atoms with E-state index in [9.17, 15) is 0 Å². The van der Waals surface area contributed by atoms with Crippen molar-refractivity contribution in [3.05, 3.63) is 30.5 Å². The first-order valence-electron chi connectivity index (χ1n) is 3.61. The fourth-order valence-corrected chi connectivity index (χ4v) is 0.767. The van der Waals surface area contributed by atoms with Crippen LogP contribution in [-0.4, -0.2) is 4.98 Å². The highest BCUT2D eigenvalue weighted by atomic mass is 16.3. The Kier molecular flexibility index (Phi) is 2.66. The third-order valence-electron chi connectivity index (χ3n) is 1.32. The number of hydrogen-bond donors (Lipinski definition) is 0. The fraction of sp³-hybridized carbons (Fsp3) is 0.222. The zero-order valence-corrected chi connectivity index (χ0v) is 6.58. The molecule has 11 heavy (non-hydrogen) atoms. The predicted octanol–water partition coefficient (Wildman–Crippen LogP) is 2.74. The van der Waals surface area contributed by atoms with Crippen molar-refractivity contribution < 1.29 is 4.42 Å². The lowest BCUT2D eigenvalue weighted by Crippen LogP contribution is -1.72. The molecule has 0 aliphatic rings. The summed E-state index contributed by atoms with van der Waals surface area (Å²) < 4.78 is 5.09. The van der Waals surface area contributed by atoms with Crippen LogP contribution in [0.2, 0.25) is 0 Å². The fourth-order valence-electron chi connectivity index (χ4n) is 0.767. The molecule has 0 saturated carbocycles. The molecule has 0 amide bonds. The van der Waals surface area contributed by atoms with Gasteiger partial charge in [-0.3, -0.25) is 0 Å². The number of hydrogen-bond acceptors (Lipinski definition) is 2. The average Bonchev–Trinajstić information content (AvgIpc) is 2.47. The number of oxazole rings is 1. The van der Waals surface area contributed by atoms with Crippen LogP contribution in [0.1, 0.15) is 24.8 Å². The van der Waals surface area contributed by atoms with Gasteiger partial charge in [-0.1, -0.05) is 19.6 Å². The molecule has 58 valence electrons. The van der Waals surface area contributed by atoms with Crippen LogP contribution in [0.3, 0.4) is 0 Å². The molecule has 1 aromatic rings. The van der Waals surface area contributed by atoms with E-state index >= 15 is 0 Å². The van der Waals surface area contributed by atoms with Gasteiger partial charge in [0.05, 0.1) is 0 Å². The monoisotopic (exact) mass is 149 g/mol. The van der Waals surface area contributed by atoms with Crippen molar-refractivity contribution in [3.63, 3.8) is 0 Å². The van der Waals surface area contributed by atoms with Gasteiger partial charge < -0.3 is 4.42 Å². The van der Waals surface area contributed by atoms with Crippen LogP contribution in [0, 0.1) is 0 Å². The third-order valence-corrected chi connectivity index (χ3v) is 1.32. The molecule has 0 N–H and O–H groups in total. The molecular weight excluding hydrogens is 138 g/mol. The summed E-state index contributed by atoms with van der Waals surface area (Å²) in [6.07, 6.45) is 8.03. The SMILES string of the molecule is C=Cc1ncoc1/C=C\CC. The second-order valence-corrected chi connectivity index (χ2v) is 2.12. The van der Waals surface area contributed by atoms with Crippen molar-refractivity contribution >= 4 is 12.2 Å². The molecule has 0 saturated heterocycles. The van der Waals surface area contributed by atoms with Crippen LogP contribution >= 0.6 is 0 Å². The van der Waals surface area contributed by atoms with Gasteiger partial charge in [-0.05, 0) is 18.6 Å². The molecule has 0 bridgehead atoms. The molecule has 1 aromatic heterocycles. The minimum Gasteiger partial charge on any atom is -0.443 e. The molecule has 1 rings (SSSR count). The summed E-state index contributed by atoms with van der Waals surface area (Å²) in [7, 11) is 0. The molecule has 0 spiro atoms. The Morgan fingerprint density at radius 1 is 1.73 bits per heavy atom. The van der Waals surface area contributed by atoms with E-state index in [1.165, 1.54) is 6.39 Å². The van der Waals surface area contributed by atoms with E-state index in [4.69, 9.17) is 4.42 Å². The molecule has 0 atom stereocenters. The van der Waals surface area contributed by atoms with Crippen molar-refractivity contribution in [1.82, 2.24) is 4.98 Å². The number of aromatic nitrogens is 1. The van der Waals surface area contributed by atoms with E-state index in [0.29, 0.717) is 0 Å². The van der Waals surface area contributed by atoms with Crippen LogP contribution < -0.4 is 0 Å². The Morgan fingerprint density at radius 2 is 2.55 bits per heavy atom. The molecule has 0 aliphatic heterocycles. The maximum atomic E-state index is 5.09. The second kappa shape index (κ2) is 3.76. The van der Waals surface area contributed by atoms with E-state index in [1.807, 2.05) is 12.2 Å². The zero-order chi connectivity index (χ0) is 8.10. The lowest BCUT2D eigenvalue weighted by molar-refractivity contribution is 0.548. The Labute approximate surface area is 66.3 Å². The molecule has 1 heterocycles. The first-order chi connectivity index (χ1) is 5.38. The second-order valence-electron chi connectivity index (χ2n) is 2.12. The quantitative estimate of drug-likeness (QED) is 0.660. The molecule has 0 aliphatic carbocycles. The number of rotatable bonds is 3. The summed E-state index contributed by atoms with van der Waals surface area (Å²) in [5.74, 6) is 0.779. The highest BCUT2D eigenvalue weighted by molar-refractivity contribution is 5.56. The van der Waals surface area contributed by atoms with E-state index in [1.54, 1.807) is 6.08 Å². The maximum absolute atomic E-state index is 5.09. The first kappa shape index (κ1) is 7.79. The highest BCUT2D eigenvalue weighted by Gasteiger charge is 1.97. The van der Waals surface area contributed by atoms with E-state index in [2.05, 4.69) is 18.5 Å². The molecule has 0 unspecified atom stereocenters. The smallest absolute Gasteiger partial charge is 0.181 e. The van der Waals surface area contributed by atoms with E-state index < -0.39 is 0 Å². The van der Waals surface area contributed by atoms with Crippen LogP contribution in [0.5, 0.6) is 0 Å². The summed E-state index contributed by atoms with van der Waals surface area (Å²) >= 11 is 0. The van der Waals surface area contributed by atoms with Gasteiger partial charge in [-0.15, -0.1) is 0 Å². The summed E-state index contributed by atoms with van der Waals surface area (Å²) in [4.78, 5) is 3.95. The van der Waals surface area contributed by atoms with Gasteiger partial charge in [0.1, 0.15) is 5.69 Å². The van der Waals surface area contributed by atoms with Gasteiger partial charge in [-0.25, -0.2) is 4.98 Å². The van der Waals surface area contributed by atoms with Crippen molar-refractivity contribution in [1.29, 1.82) is 0 Å². The van der Waals surface area contributed by atoms with Crippen molar-refractivity contribution in [2.75, 3.05) is 0 Å². The molecule has 2 nitrogen and oxygen atoms in total. The van der Waals surface area contributed by atoms with Gasteiger partial charge in [0, 0.05) is 0 Å². The van der Waals surface area contributed by atoms with Gasteiger partial charge in [0.2, 0.25) is 0 Å². The molecule has 0 aromatic carbocycles. The molecule has 0 radical (unpaired) electrons. The minimum absolute atomic E-state index is 0.779. The molecular formula is C9H11NO. The molecule has 2 heteroatoms. The summed E-state index contributed by atoms with van der Waals surface area (Å²) in [6.45, 7) is 5.69. The number of allylic oxidation sites excluding steroid dienone is 1. The van der Waals surface area contributed by atoms with Crippen LogP contribution in [-0.2, 0) is 0 Å². The van der Waals surface area contributed by atoms with Crippen LogP contribution in [0.4, 0.5) is 0 Å². The first-order valence-corrected chi connectivity index (χ1v) is 3.61. The summed E-state index contributed by atoms with van der Waals surface area (Å²) in [6, 6.07) is 0.